The molecular weight excluding hydrogens is 252 g/mol. The summed E-state index contributed by atoms with van der Waals surface area (Å²) >= 11 is 0. The van der Waals surface area contributed by atoms with Crippen molar-refractivity contribution >= 4 is 5.91 Å². The number of nitrogens with one attached hydrogen (secondary N) is 2. The predicted molar refractivity (Wildman–Crippen MR) is 80.0 cm³/mol. The quantitative estimate of drug-likeness (QED) is 0.748. The second-order valence-corrected chi connectivity index (χ2v) is 5.33. The first kappa shape index (κ1) is 14.9. The van der Waals surface area contributed by atoms with Crippen LogP contribution < -0.4 is 15.4 Å². The van der Waals surface area contributed by atoms with Crippen LogP contribution in [0.4, 0.5) is 0 Å². The molecule has 110 valence electrons. The van der Waals surface area contributed by atoms with Crippen LogP contribution >= 0.6 is 0 Å². The van der Waals surface area contributed by atoms with Gasteiger partial charge in [-0.1, -0.05) is 25.0 Å². The molecular formula is C16H24N2O2. The highest BCUT2D eigenvalue weighted by molar-refractivity contribution is 5.78. The van der Waals surface area contributed by atoms with Crippen molar-refractivity contribution < 1.29 is 9.53 Å². The Labute approximate surface area is 120 Å². The standard InChI is InChI=1S/C16H24N2O2/c1-20-15-8-4-5-13(11-15)9-10-17-12-16(19)18-14-6-2-3-7-14/h4-5,8,11,14,17H,2-3,6-7,9-10,12H2,1H3,(H,18,19). The van der Waals surface area contributed by atoms with Crippen LogP contribution in [0.25, 0.3) is 0 Å². The molecule has 1 aromatic carbocycles. The summed E-state index contributed by atoms with van der Waals surface area (Å²) < 4.78 is 5.19. The van der Waals surface area contributed by atoms with Crippen LogP contribution in [-0.2, 0) is 11.2 Å². The first-order valence-corrected chi connectivity index (χ1v) is 7.41. The third kappa shape index (κ3) is 4.85. The van der Waals surface area contributed by atoms with Crippen molar-refractivity contribution in [1.29, 1.82) is 0 Å². The zero-order chi connectivity index (χ0) is 14.2. The normalized spacial score (nSPS) is 15.2. The number of benzene rings is 1. The highest BCUT2D eigenvalue weighted by Crippen LogP contribution is 2.17. The molecule has 1 fully saturated rings. The van der Waals surface area contributed by atoms with E-state index in [0.29, 0.717) is 12.6 Å². The minimum absolute atomic E-state index is 0.113. The van der Waals surface area contributed by atoms with Gasteiger partial charge in [-0.2, -0.15) is 0 Å². The number of rotatable bonds is 7. The molecule has 2 N–H and O–H groups in total. The lowest BCUT2D eigenvalue weighted by molar-refractivity contribution is -0.120. The first-order valence-electron chi connectivity index (χ1n) is 7.41. The molecule has 0 saturated heterocycles. The van der Waals surface area contributed by atoms with E-state index < -0.39 is 0 Å². The van der Waals surface area contributed by atoms with Crippen molar-refractivity contribution in [3.8, 4) is 5.75 Å². The lowest BCUT2D eigenvalue weighted by atomic mass is 10.1. The number of carbonyl (C=O) groups excluding carboxylic acids is 1. The Kier molecular flexibility index (Phi) is 5.87. The van der Waals surface area contributed by atoms with Crippen LogP contribution in [0.1, 0.15) is 31.2 Å². The summed E-state index contributed by atoms with van der Waals surface area (Å²) in [6.07, 6.45) is 5.65. The van der Waals surface area contributed by atoms with E-state index in [-0.39, 0.29) is 5.91 Å². The van der Waals surface area contributed by atoms with Gasteiger partial charge in [0.15, 0.2) is 0 Å². The molecule has 0 radical (unpaired) electrons. The molecule has 1 saturated carbocycles. The number of amides is 1. The maximum Gasteiger partial charge on any atom is 0.234 e. The Morgan fingerprint density at radius 1 is 1.35 bits per heavy atom. The predicted octanol–water partition coefficient (Wildman–Crippen LogP) is 1.89. The number of carbonyl (C=O) groups is 1. The van der Waals surface area contributed by atoms with Crippen molar-refractivity contribution in [3.63, 3.8) is 0 Å². The second-order valence-electron chi connectivity index (χ2n) is 5.33. The average Bonchev–Trinajstić information content (AvgIpc) is 2.97. The molecule has 1 aliphatic rings. The van der Waals surface area contributed by atoms with E-state index in [0.717, 1.165) is 31.6 Å². The summed E-state index contributed by atoms with van der Waals surface area (Å²) in [4.78, 5) is 11.7. The van der Waals surface area contributed by atoms with E-state index in [9.17, 15) is 4.79 Å². The molecule has 4 heteroatoms. The molecule has 1 aromatic rings. The highest BCUT2D eigenvalue weighted by Gasteiger charge is 2.16. The molecule has 0 heterocycles. The Bertz CT molecular complexity index is 428. The average molecular weight is 276 g/mol. The van der Waals surface area contributed by atoms with Crippen LogP contribution in [0, 0.1) is 0 Å². The lowest BCUT2D eigenvalue weighted by Crippen LogP contribution is -2.39. The summed E-state index contributed by atoms with van der Waals surface area (Å²) in [6.45, 7) is 1.20. The maximum absolute atomic E-state index is 11.7. The summed E-state index contributed by atoms with van der Waals surface area (Å²) in [5, 5.41) is 6.27. The van der Waals surface area contributed by atoms with Gasteiger partial charge >= 0.3 is 0 Å². The molecule has 0 atom stereocenters. The van der Waals surface area contributed by atoms with Crippen LogP contribution in [0.3, 0.4) is 0 Å². The van der Waals surface area contributed by atoms with E-state index in [1.807, 2.05) is 18.2 Å². The van der Waals surface area contributed by atoms with Gasteiger partial charge in [0.1, 0.15) is 5.75 Å². The monoisotopic (exact) mass is 276 g/mol. The van der Waals surface area contributed by atoms with Gasteiger partial charge in [0, 0.05) is 6.04 Å². The van der Waals surface area contributed by atoms with E-state index in [1.165, 1.54) is 18.4 Å². The maximum atomic E-state index is 11.7. The van der Waals surface area contributed by atoms with Crippen molar-refractivity contribution in [2.75, 3.05) is 20.2 Å². The minimum atomic E-state index is 0.113. The van der Waals surface area contributed by atoms with Crippen molar-refractivity contribution in [2.45, 2.75) is 38.1 Å². The Morgan fingerprint density at radius 3 is 2.90 bits per heavy atom. The summed E-state index contributed by atoms with van der Waals surface area (Å²) in [5.74, 6) is 0.990. The van der Waals surface area contributed by atoms with Crippen LogP contribution in [0.15, 0.2) is 24.3 Å². The van der Waals surface area contributed by atoms with Gasteiger partial charge < -0.3 is 15.4 Å². The zero-order valence-electron chi connectivity index (χ0n) is 12.2. The van der Waals surface area contributed by atoms with Crippen LogP contribution in [-0.4, -0.2) is 32.1 Å². The summed E-state index contributed by atoms with van der Waals surface area (Å²) in [7, 11) is 1.67. The molecule has 0 spiro atoms. The molecule has 0 aromatic heterocycles. The summed E-state index contributed by atoms with van der Waals surface area (Å²) in [5.41, 5.74) is 1.22. The molecule has 0 aliphatic heterocycles. The first-order chi connectivity index (χ1) is 9.78. The van der Waals surface area contributed by atoms with Crippen LogP contribution in [0.2, 0.25) is 0 Å². The molecule has 4 nitrogen and oxygen atoms in total. The largest absolute Gasteiger partial charge is 0.497 e. The van der Waals surface area contributed by atoms with Crippen molar-refractivity contribution in [2.24, 2.45) is 0 Å². The van der Waals surface area contributed by atoms with Gasteiger partial charge in [0.05, 0.1) is 13.7 Å². The SMILES string of the molecule is COc1cccc(CCNCC(=O)NC2CCCC2)c1. The highest BCUT2D eigenvalue weighted by atomic mass is 16.5. The molecule has 20 heavy (non-hydrogen) atoms. The van der Waals surface area contributed by atoms with Gasteiger partial charge in [-0.05, 0) is 43.5 Å². The Morgan fingerprint density at radius 2 is 2.15 bits per heavy atom. The fourth-order valence-corrected chi connectivity index (χ4v) is 2.61. The zero-order valence-corrected chi connectivity index (χ0v) is 12.2. The molecule has 1 amide bonds. The van der Waals surface area contributed by atoms with E-state index in [4.69, 9.17) is 4.74 Å². The fraction of sp³-hybridized carbons (Fsp3) is 0.562. The smallest absolute Gasteiger partial charge is 0.234 e. The fourth-order valence-electron chi connectivity index (χ4n) is 2.61. The molecule has 1 aliphatic carbocycles. The van der Waals surface area contributed by atoms with Crippen molar-refractivity contribution in [3.05, 3.63) is 29.8 Å². The second kappa shape index (κ2) is 7.90. The third-order valence-corrected chi connectivity index (χ3v) is 3.73. The number of hydrogen-bond donors (Lipinski definition) is 2. The Balaban J connectivity index is 1.61. The minimum Gasteiger partial charge on any atom is -0.497 e. The van der Waals surface area contributed by atoms with Gasteiger partial charge in [-0.15, -0.1) is 0 Å². The van der Waals surface area contributed by atoms with Crippen LogP contribution in [0.5, 0.6) is 5.75 Å². The number of hydrogen-bond acceptors (Lipinski definition) is 3. The van der Waals surface area contributed by atoms with Gasteiger partial charge in [0.25, 0.3) is 0 Å². The Hall–Kier alpha value is -1.55. The van der Waals surface area contributed by atoms with Gasteiger partial charge in [0.2, 0.25) is 5.91 Å². The third-order valence-electron chi connectivity index (χ3n) is 3.73. The van der Waals surface area contributed by atoms with Crippen molar-refractivity contribution in [1.82, 2.24) is 10.6 Å². The van der Waals surface area contributed by atoms with Gasteiger partial charge in [-0.25, -0.2) is 0 Å². The van der Waals surface area contributed by atoms with E-state index >= 15 is 0 Å². The number of methoxy groups -OCH3 is 1. The number of ether oxygens (including phenoxy) is 1. The molecule has 0 unspecified atom stereocenters. The lowest BCUT2D eigenvalue weighted by Gasteiger charge is -2.12. The summed E-state index contributed by atoms with van der Waals surface area (Å²) in [6, 6.07) is 8.43. The molecule has 2 rings (SSSR count). The van der Waals surface area contributed by atoms with Gasteiger partial charge in [-0.3, -0.25) is 4.79 Å². The molecule has 0 bridgehead atoms. The topological polar surface area (TPSA) is 50.4 Å². The van der Waals surface area contributed by atoms with E-state index in [2.05, 4.69) is 16.7 Å². The van der Waals surface area contributed by atoms with E-state index in [1.54, 1.807) is 7.11 Å².